The summed E-state index contributed by atoms with van der Waals surface area (Å²) in [5.41, 5.74) is 0.637. The van der Waals surface area contributed by atoms with Crippen molar-refractivity contribution in [1.29, 1.82) is 0 Å². The van der Waals surface area contributed by atoms with Crippen molar-refractivity contribution in [3.05, 3.63) is 35.6 Å². The van der Waals surface area contributed by atoms with E-state index in [0.717, 1.165) is 0 Å². The Morgan fingerprint density at radius 1 is 1.35 bits per heavy atom. The molecule has 0 heterocycles. The molecule has 3 unspecified atom stereocenters. The number of rotatable bonds is 7. The van der Waals surface area contributed by atoms with Gasteiger partial charge in [-0.05, 0) is 31.0 Å². The number of carbonyl (C=O) groups is 1. The minimum Gasteiger partial charge on any atom is -0.388 e. The number of amides is 1. The molecule has 1 amide bonds. The highest BCUT2D eigenvalue weighted by atomic mass is 19.1. The average Bonchev–Trinajstić information content (AvgIpc) is 2.39. The van der Waals surface area contributed by atoms with Gasteiger partial charge in [0, 0.05) is 13.2 Å². The van der Waals surface area contributed by atoms with E-state index >= 15 is 0 Å². The molecule has 20 heavy (non-hydrogen) atoms. The van der Waals surface area contributed by atoms with Gasteiger partial charge < -0.3 is 15.2 Å². The summed E-state index contributed by atoms with van der Waals surface area (Å²) in [6.07, 6.45) is -0.361. The van der Waals surface area contributed by atoms with Crippen LogP contribution in [0.25, 0.3) is 0 Å². The second-order valence-corrected chi connectivity index (χ2v) is 5.07. The van der Waals surface area contributed by atoms with Gasteiger partial charge in [-0.3, -0.25) is 4.79 Å². The summed E-state index contributed by atoms with van der Waals surface area (Å²) in [6.45, 7) is 3.96. The fourth-order valence-electron chi connectivity index (χ4n) is 1.93. The molecule has 0 aliphatic heterocycles. The van der Waals surface area contributed by atoms with E-state index in [1.807, 2.05) is 6.92 Å². The molecule has 0 aliphatic carbocycles. The molecule has 2 N–H and O–H groups in total. The van der Waals surface area contributed by atoms with Gasteiger partial charge in [0.25, 0.3) is 0 Å². The number of hydrogen-bond acceptors (Lipinski definition) is 3. The second kappa shape index (κ2) is 7.97. The molecule has 0 saturated carbocycles. The lowest BCUT2D eigenvalue weighted by Gasteiger charge is -2.20. The first-order valence-electron chi connectivity index (χ1n) is 6.67. The fraction of sp³-hybridized carbons (Fsp3) is 0.533. The van der Waals surface area contributed by atoms with Crippen LogP contribution in [0.3, 0.4) is 0 Å². The molecular weight excluding hydrogens is 261 g/mol. The standard InChI is InChI=1S/C15H22FNO3/c1-10(9-20-3)15(19)17-11(2)8-14(18)12-4-6-13(16)7-5-12/h4-7,10-11,14,18H,8-9H2,1-3H3,(H,17,19). The molecule has 4 nitrogen and oxygen atoms in total. The Kier molecular flexibility index (Phi) is 6.61. The first-order valence-corrected chi connectivity index (χ1v) is 6.67. The first-order chi connectivity index (χ1) is 9.43. The Morgan fingerprint density at radius 2 is 1.95 bits per heavy atom. The number of methoxy groups -OCH3 is 1. The number of carbonyl (C=O) groups excluding carboxylic acids is 1. The van der Waals surface area contributed by atoms with Crippen molar-refractivity contribution in [2.24, 2.45) is 5.92 Å². The van der Waals surface area contributed by atoms with E-state index in [-0.39, 0.29) is 23.7 Å². The van der Waals surface area contributed by atoms with Gasteiger partial charge in [-0.1, -0.05) is 19.1 Å². The molecule has 1 rings (SSSR count). The fourth-order valence-corrected chi connectivity index (χ4v) is 1.93. The van der Waals surface area contributed by atoms with Crippen LogP contribution in [0.2, 0.25) is 0 Å². The Labute approximate surface area is 119 Å². The van der Waals surface area contributed by atoms with Gasteiger partial charge in [0.15, 0.2) is 0 Å². The van der Waals surface area contributed by atoms with Crippen LogP contribution in [-0.4, -0.2) is 30.8 Å². The predicted octanol–water partition coefficient (Wildman–Crippen LogP) is 2.04. The number of benzene rings is 1. The largest absolute Gasteiger partial charge is 0.388 e. The van der Waals surface area contributed by atoms with Gasteiger partial charge in [0.05, 0.1) is 18.6 Å². The molecule has 0 fully saturated rings. The summed E-state index contributed by atoms with van der Waals surface area (Å²) in [5, 5.41) is 12.9. The van der Waals surface area contributed by atoms with Crippen LogP contribution in [0.1, 0.15) is 31.9 Å². The maximum absolute atomic E-state index is 12.8. The SMILES string of the molecule is COCC(C)C(=O)NC(C)CC(O)c1ccc(F)cc1. The van der Waals surface area contributed by atoms with E-state index in [1.54, 1.807) is 26.2 Å². The van der Waals surface area contributed by atoms with E-state index in [9.17, 15) is 14.3 Å². The number of nitrogens with one attached hydrogen (secondary N) is 1. The highest BCUT2D eigenvalue weighted by Gasteiger charge is 2.18. The lowest BCUT2D eigenvalue weighted by atomic mass is 10.0. The topological polar surface area (TPSA) is 58.6 Å². The third-order valence-electron chi connectivity index (χ3n) is 3.08. The van der Waals surface area contributed by atoms with Crippen molar-refractivity contribution in [1.82, 2.24) is 5.32 Å². The van der Waals surface area contributed by atoms with Crippen LogP contribution in [0, 0.1) is 11.7 Å². The minimum absolute atomic E-state index is 0.106. The van der Waals surface area contributed by atoms with E-state index in [4.69, 9.17) is 4.74 Å². The van der Waals surface area contributed by atoms with Gasteiger partial charge in [0.1, 0.15) is 5.82 Å². The Balaban J connectivity index is 2.47. The summed E-state index contributed by atoms with van der Waals surface area (Å²) in [4.78, 5) is 11.8. The van der Waals surface area contributed by atoms with Crippen molar-refractivity contribution < 1.29 is 19.0 Å². The molecular formula is C15H22FNO3. The van der Waals surface area contributed by atoms with Gasteiger partial charge in [-0.2, -0.15) is 0 Å². The molecule has 0 saturated heterocycles. The lowest BCUT2D eigenvalue weighted by Crippen LogP contribution is -2.38. The molecule has 3 atom stereocenters. The molecule has 5 heteroatoms. The third kappa shape index (κ3) is 5.27. The highest BCUT2D eigenvalue weighted by molar-refractivity contribution is 5.78. The van der Waals surface area contributed by atoms with Gasteiger partial charge >= 0.3 is 0 Å². The molecule has 112 valence electrons. The van der Waals surface area contributed by atoms with E-state index in [2.05, 4.69) is 5.32 Å². The zero-order chi connectivity index (χ0) is 15.1. The Hall–Kier alpha value is -1.46. The van der Waals surface area contributed by atoms with Crippen LogP contribution < -0.4 is 5.32 Å². The summed E-state index contributed by atoms with van der Waals surface area (Å²) < 4.78 is 17.7. The quantitative estimate of drug-likeness (QED) is 0.805. The maximum atomic E-state index is 12.8. The van der Waals surface area contributed by atoms with Crippen molar-refractivity contribution in [2.75, 3.05) is 13.7 Å². The zero-order valence-corrected chi connectivity index (χ0v) is 12.1. The average molecular weight is 283 g/mol. The molecule has 0 bridgehead atoms. The normalized spacial score (nSPS) is 15.4. The van der Waals surface area contributed by atoms with Crippen molar-refractivity contribution in [3.63, 3.8) is 0 Å². The van der Waals surface area contributed by atoms with Crippen molar-refractivity contribution in [2.45, 2.75) is 32.4 Å². The number of hydrogen-bond donors (Lipinski definition) is 2. The number of aliphatic hydroxyl groups excluding tert-OH is 1. The summed E-state index contributed by atoms with van der Waals surface area (Å²) in [6, 6.07) is 5.52. The van der Waals surface area contributed by atoms with Crippen LogP contribution >= 0.6 is 0 Å². The summed E-state index contributed by atoms with van der Waals surface area (Å²) in [5.74, 6) is -0.674. The predicted molar refractivity (Wildman–Crippen MR) is 74.6 cm³/mol. The number of aliphatic hydroxyl groups is 1. The van der Waals surface area contributed by atoms with Crippen molar-refractivity contribution in [3.8, 4) is 0 Å². The molecule has 0 aromatic heterocycles. The maximum Gasteiger partial charge on any atom is 0.225 e. The van der Waals surface area contributed by atoms with Gasteiger partial charge in [0.2, 0.25) is 5.91 Å². The minimum atomic E-state index is -0.733. The summed E-state index contributed by atoms with van der Waals surface area (Å²) >= 11 is 0. The van der Waals surface area contributed by atoms with Gasteiger partial charge in [-0.15, -0.1) is 0 Å². The number of ether oxygens (including phenoxy) is 1. The highest BCUT2D eigenvalue weighted by Crippen LogP contribution is 2.18. The van der Waals surface area contributed by atoms with Crippen LogP contribution in [0.15, 0.2) is 24.3 Å². The first kappa shape index (κ1) is 16.6. The zero-order valence-electron chi connectivity index (χ0n) is 12.1. The Morgan fingerprint density at radius 3 is 2.50 bits per heavy atom. The van der Waals surface area contributed by atoms with E-state index in [1.165, 1.54) is 12.1 Å². The van der Waals surface area contributed by atoms with Crippen LogP contribution in [-0.2, 0) is 9.53 Å². The summed E-state index contributed by atoms with van der Waals surface area (Å²) in [7, 11) is 1.55. The lowest BCUT2D eigenvalue weighted by molar-refractivity contribution is -0.126. The van der Waals surface area contributed by atoms with Crippen LogP contribution in [0.4, 0.5) is 4.39 Å². The molecule has 0 aliphatic rings. The molecule has 0 spiro atoms. The molecule has 0 radical (unpaired) electrons. The van der Waals surface area contributed by atoms with E-state index in [0.29, 0.717) is 18.6 Å². The monoisotopic (exact) mass is 283 g/mol. The Bertz CT molecular complexity index is 422. The molecule has 1 aromatic carbocycles. The van der Waals surface area contributed by atoms with Crippen LogP contribution in [0.5, 0.6) is 0 Å². The second-order valence-electron chi connectivity index (χ2n) is 5.07. The number of halogens is 1. The van der Waals surface area contributed by atoms with Crippen molar-refractivity contribution >= 4 is 5.91 Å². The smallest absolute Gasteiger partial charge is 0.225 e. The van der Waals surface area contributed by atoms with Gasteiger partial charge in [-0.25, -0.2) is 4.39 Å². The molecule has 1 aromatic rings. The third-order valence-corrected chi connectivity index (χ3v) is 3.08. The van der Waals surface area contributed by atoms with E-state index < -0.39 is 6.10 Å².